The Balaban J connectivity index is 1.39. The minimum atomic E-state index is -0.154. The van der Waals surface area contributed by atoms with E-state index in [9.17, 15) is 14.7 Å². The van der Waals surface area contributed by atoms with Crippen LogP contribution in [-0.2, 0) is 6.42 Å². The van der Waals surface area contributed by atoms with E-state index in [2.05, 4.69) is 25.9 Å². The largest absolute Gasteiger partial charge is 0.506 e. The Labute approximate surface area is 214 Å². The van der Waals surface area contributed by atoms with Crippen LogP contribution in [0.1, 0.15) is 43.8 Å². The van der Waals surface area contributed by atoms with E-state index in [0.717, 1.165) is 20.5 Å². The molecule has 0 spiro atoms. The second kappa shape index (κ2) is 11.0. The first-order valence-electron chi connectivity index (χ1n) is 10.6. The zero-order chi connectivity index (χ0) is 24.1. The van der Waals surface area contributed by atoms with Crippen LogP contribution in [0.5, 0.6) is 5.75 Å². The van der Waals surface area contributed by atoms with Gasteiger partial charge in [0.25, 0.3) is 0 Å². The van der Waals surface area contributed by atoms with Crippen molar-refractivity contribution in [3.63, 3.8) is 0 Å². The maximum atomic E-state index is 12.7. The second-order valence-electron chi connectivity index (χ2n) is 7.61. The summed E-state index contributed by atoms with van der Waals surface area (Å²) in [5.74, 6) is 0.0217. The molecule has 172 valence electrons. The number of aromatic nitrogens is 1. The molecular formula is C26H21BrN2O3S2. The van der Waals surface area contributed by atoms with Crippen LogP contribution in [0.3, 0.4) is 0 Å². The summed E-state index contributed by atoms with van der Waals surface area (Å²) in [5.41, 5.74) is 3.14. The van der Waals surface area contributed by atoms with Crippen LogP contribution in [-0.4, -0.2) is 33.9 Å². The third kappa shape index (κ3) is 5.75. The van der Waals surface area contributed by atoms with Crippen LogP contribution in [0.4, 0.5) is 0 Å². The summed E-state index contributed by atoms with van der Waals surface area (Å²) < 4.78 is 0.968. The minimum absolute atomic E-state index is 0.0104. The summed E-state index contributed by atoms with van der Waals surface area (Å²) in [5, 5.41) is 12.5. The zero-order valence-corrected chi connectivity index (χ0v) is 21.5. The van der Waals surface area contributed by atoms with Crippen molar-refractivity contribution in [2.45, 2.75) is 19.8 Å². The Hall–Kier alpha value is -2.94. The van der Waals surface area contributed by atoms with Crippen molar-refractivity contribution < 1.29 is 14.7 Å². The molecule has 0 aliphatic carbocycles. The summed E-state index contributed by atoms with van der Waals surface area (Å²) in [4.78, 5) is 35.5. The molecule has 0 fully saturated rings. The highest BCUT2D eigenvalue weighted by Gasteiger charge is 2.17. The number of thiophene rings is 2. The lowest BCUT2D eigenvalue weighted by atomic mass is 10.1. The molecule has 3 aromatic heterocycles. The first-order chi connectivity index (χ1) is 16.4. The number of nitrogens with zero attached hydrogens (tertiary/aromatic N) is 2. The quantitative estimate of drug-likeness (QED) is 0.182. The lowest BCUT2D eigenvalue weighted by Gasteiger charge is -2.02. The van der Waals surface area contributed by atoms with E-state index in [1.165, 1.54) is 22.7 Å². The van der Waals surface area contributed by atoms with E-state index in [0.29, 0.717) is 33.9 Å². The number of halogens is 1. The van der Waals surface area contributed by atoms with Gasteiger partial charge in [-0.05, 0) is 54.8 Å². The van der Waals surface area contributed by atoms with Gasteiger partial charge in [-0.25, -0.2) is 0 Å². The van der Waals surface area contributed by atoms with Crippen molar-refractivity contribution in [3.05, 3.63) is 91.7 Å². The molecule has 0 aliphatic rings. The van der Waals surface area contributed by atoms with Gasteiger partial charge in [-0.1, -0.05) is 34.1 Å². The van der Waals surface area contributed by atoms with Crippen molar-refractivity contribution >= 4 is 55.9 Å². The van der Waals surface area contributed by atoms with Crippen molar-refractivity contribution in [1.82, 2.24) is 4.98 Å². The molecule has 3 heterocycles. The standard InChI is InChI=1S/C26H21BrN2O3S2/c1-16(20-15-33-26(25(20)32)18-5-7-19(27)8-6-18)29-14-22(31)24-11-10-23(34-24)21(30)9-4-17-3-2-12-28-13-17/h2-3,5-8,10-13,15,32H,4,9,14H2,1H3. The fraction of sp³-hybridized carbons (Fsp3) is 0.154. The number of hydrogen-bond donors (Lipinski definition) is 1. The highest BCUT2D eigenvalue weighted by molar-refractivity contribution is 9.10. The number of benzene rings is 1. The highest BCUT2D eigenvalue weighted by atomic mass is 79.9. The highest BCUT2D eigenvalue weighted by Crippen LogP contribution is 2.39. The number of aliphatic imine (C=N–C) groups is 1. The van der Waals surface area contributed by atoms with Gasteiger partial charge in [-0.15, -0.1) is 22.7 Å². The molecule has 0 atom stereocenters. The molecule has 0 aliphatic heterocycles. The monoisotopic (exact) mass is 552 g/mol. The van der Waals surface area contributed by atoms with Gasteiger partial charge in [0, 0.05) is 39.9 Å². The third-order valence-corrected chi connectivity index (χ3v) is 7.95. The second-order valence-corrected chi connectivity index (χ2v) is 10.5. The van der Waals surface area contributed by atoms with Crippen LogP contribution in [0.25, 0.3) is 10.4 Å². The molecule has 8 heteroatoms. The number of rotatable bonds is 9. The molecule has 0 bridgehead atoms. The van der Waals surface area contributed by atoms with Gasteiger partial charge in [-0.3, -0.25) is 19.6 Å². The Kier molecular flexibility index (Phi) is 7.82. The molecule has 0 radical (unpaired) electrons. The van der Waals surface area contributed by atoms with Gasteiger partial charge < -0.3 is 5.11 Å². The number of hydrogen-bond acceptors (Lipinski definition) is 7. The summed E-state index contributed by atoms with van der Waals surface area (Å²) in [6.07, 6.45) is 4.44. The lowest BCUT2D eigenvalue weighted by Crippen LogP contribution is -2.04. The number of carbonyl (C=O) groups excluding carboxylic acids is 2. The topological polar surface area (TPSA) is 79.6 Å². The fourth-order valence-corrected chi connectivity index (χ4v) is 5.51. The number of Topliss-reactive ketones (excluding diaryl/α,β-unsaturated/α-hetero) is 2. The van der Waals surface area contributed by atoms with Crippen LogP contribution < -0.4 is 0 Å². The normalized spacial score (nSPS) is 11.5. The number of pyridine rings is 1. The average molecular weight is 554 g/mol. The van der Waals surface area contributed by atoms with E-state index in [4.69, 9.17) is 0 Å². The van der Waals surface area contributed by atoms with Crippen molar-refractivity contribution in [2.24, 2.45) is 4.99 Å². The van der Waals surface area contributed by atoms with Crippen molar-refractivity contribution in [1.29, 1.82) is 0 Å². The number of carbonyl (C=O) groups is 2. The summed E-state index contributed by atoms with van der Waals surface area (Å²) in [6.45, 7) is 1.74. The van der Waals surface area contributed by atoms with E-state index in [1.807, 2.05) is 41.8 Å². The summed E-state index contributed by atoms with van der Waals surface area (Å²) in [6, 6.07) is 14.9. The fourth-order valence-electron chi connectivity index (χ4n) is 3.33. The van der Waals surface area contributed by atoms with E-state index < -0.39 is 0 Å². The van der Waals surface area contributed by atoms with E-state index in [-0.39, 0.29) is 23.9 Å². The van der Waals surface area contributed by atoms with Crippen molar-refractivity contribution in [2.75, 3.05) is 6.54 Å². The minimum Gasteiger partial charge on any atom is -0.506 e. The first kappa shape index (κ1) is 24.2. The van der Waals surface area contributed by atoms with Crippen molar-refractivity contribution in [3.8, 4) is 16.2 Å². The van der Waals surface area contributed by atoms with Crippen LogP contribution >= 0.6 is 38.6 Å². The zero-order valence-electron chi connectivity index (χ0n) is 18.3. The molecule has 4 rings (SSSR count). The van der Waals surface area contributed by atoms with Gasteiger partial charge in [0.05, 0.1) is 14.6 Å². The smallest absolute Gasteiger partial charge is 0.194 e. The molecule has 1 N–H and O–H groups in total. The number of aromatic hydroxyl groups is 1. The van der Waals surface area contributed by atoms with Crippen LogP contribution in [0.2, 0.25) is 0 Å². The SMILES string of the molecule is CC(=NCC(=O)c1ccc(C(=O)CCc2cccnc2)s1)c1csc(-c2ccc(Br)cc2)c1O. The predicted octanol–water partition coefficient (Wildman–Crippen LogP) is 6.85. The molecule has 0 saturated carbocycles. The number of aryl methyl sites for hydroxylation is 1. The van der Waals surface area contributed by atoms with E-state index >= 15 is 0 Å². The van der Waals surface area contributed by atoms with Crippen LogP contribution in [0, 0.1) is 0 Å². The van der Waals surface area contributed by atoms with Gasteiger partial charge >= 0.3 is 0 Å². The molecule has 0 saturated heterocycles. The Morgan fingerprint density at radius 3 is 2.50 bits per heavy atom. The molecule has 34 heavy (non-hydrogen) atoms. The summed E-state index contributed by atoms with van der Waals surface area (Å²) >= 11 is 6.05. The van der Waals surface area contributed by atoms with Gasteiger partial charge in [-0.2, -0.15) is 0 Å². The molecule has 1 aromatic carbocycles. The molecule has 0 amide bonds. The average Bonchev–Trinajstić information content (AvgIpc) is 3.49. The van der Waals surface area contributed by atoms with E-state index in [1.54, 1.807) is 31.5 Å². The maximum absolute atomic E-state index is 12.7. The Morgan fingerprint density at radius 2 is 1.79 bits per heavy atom. The lowest BCUT2D eigenvalue weighted by molar-refractivity contribution is 0.0984. The molecule has 0 unspecified atom stereocenters. The predicted molar refractivity (Wildman–Crippen MR) is 142 cm³/mol. The molecule has 5 nitrogen and oxygen atoms in total. The maximum Gasteiger partial charge on any atom is 0.194 e. The van der Waals surface area contributed by atoms with Gasteiger partial charge in [0.2, 0.25) is 0 Å². The Bertz CT molecular complexity index is 1340. The number of ketones is 2. The summed E-state index contributed by atoms with van der Waals surface area (Å²) in [7, 11) is 0. The van der Waals surface area contributed by atoms with Gasteiger partial charge in [0.15, 0.2) is 11.6 Å². The Morgan fingerprint density at radius 1 is 1.06 bits per heavy atom. The third-order valence-electron chi connectivity index (χ3n) is 5.24. The van der Waals surface area contributed by atoms with Crippen LogP contribution in [0.15, 0.2) is 75.8 Å². The molecular weight excluding hydrogens is 532 g/mol. The first-order valence-corrected chi connectivity index (χ1v) is 13.0. The van der Waals surface area contributed by atoms with Gasteiger partial charge in [0.1, 0.15) is 12.3 Å². The molecule has 4 aromatic rings.